The van der Waals surface area contributed by atoms with Gasteiger partial charge < -0.3 is 20.1 Å². The van der Waals surface area contributed by atoms with E-state index in [2.05, 4.69) is 10.6 Å². The molecule has 24 heavy (non-hydrogen) atoms. The molecule has 0 fully saturated rings. The van der Waals surface area contributed by atoms with Gasteiger partial charge in [0.2, 0.25) is 5.91 Å². The molecular formula is C17H17ClN2O4. The molecule has 126 valence electrons. The highest BCUT2D eigenvalue weighted by molar-refractivity contribution is 6.30. The Hall–Kier alpha value is -2.73. The molecule has 2 rings (SSSR count). The van der Waals surface area contributed by atoms with E-state index < -0.39 is 0 Å². The second kappa shape index (κ2) is 8.21. The van der Waals surface area contributed by atoms with Crippen LogP contribution in [0.1, 0.15) is 10.4 Å². The van der Waals surface area contributed by atoms with Crippen molar-refractivity contribution >= 4 is 29.1 Å². The number of carbonyl (C=O) groups is 2. The first-order chi connectivity index (χ1) is 11.5. The predicted molar refractivity (Wildman–Crippen MR) is 92.0 cm³/mol. The number of hydrogen-bond donors (Lipinski definition) is 2. The molecule has 0 atom stereocenters. The zero-order valence-corrected chi connectivity index (χ0v) is 14.0. The lowest BCUT2D eigenvalue weighted by Gasteiger charge is -2.11. The highest BCUT2D eigenvalue weighted by Crippen LogP contribution is 2.29. The van der Waals surface area contributed by atoms with Crippen LogP contribution < -0.4 is 20.1 Å². The number of carbonyl (C=O) groups excluding carboxylic acids is 2. The molecule has 0 aliphatic heterocycles. The Balaban J connectivity index is 1.91. The Bertz CT molecular complexity index is 732. The van der Waals surface area contributed by atoms with E-state index in [9.17, 15) is 9.59 Å². The molecule has 0 unspecified atom stereocenters. The van der Waals surface area contributed by atoms with E-state index in [0.29, 0.717) is 27.8 Å². The van der Waals surface area contributed by atoms with Crippen molar-refractivity contribution in [2.45, 2.75) is 0 Å². The average Bonchev–Trinajstić information content (AvgIpc) is 2.60. The molecule has 2 aromatic rings. The van der Waals surface area contributed by atoms with Gasteiger partial charge in [-0.2, -0.15) is 0 Å². The minimum absolute atomic E-state index is 0.157. The zero-order chi connectivity index (χ0) is 17.5. The van der Waals surface area contributed by atoms with Crippen LogP contribution in [0, 0.1) is 0 Å². The van der Waals surface area contributed by atoms with Gasteiger partial charge in [-0.05, 0) is 36.4 Å². The minimum Gasteiger partial charge on any atom is -0.493 e. The van der Waals surface area contributed by atoms with Crippen LogP contribution in [0.2, 0.25) is 5.02 Å². The lowest BCUT2D eigenvalue weighted by atomic mass is 10.2. The van der Waals surface area contributed by atoms with Gasteiger partial charge in [0.05, 0.1) is 20.8 Å². The summed E-state index contributed by atoms with van der Waals surface area (Å²) in [7, 11) is 3.04. The van der Waals surface area contributed by atoms with Crippen molar-refractivity contribution in [2.24, 2.45) is 0 Å². The van der Waals surface area contributed by atoms with Gasteiger partial charge in [-0.25, -0.2) is 0 Å². The standard InChI is InChI=1S/C17H17ClN2O4/c1-23-14-8-7-13(9-15(14)24-2)20-16(21)10-19-17(22)11-3-5-12(18)6-4-11/h3-9H,10H2,1-2H3,(H,19,22)(H,20,21). The normalized spacial score (nSPS) is 9.96. The Morgan fingerprint density at radius 3 is 2.29 bits per heavy atom. The van der Waals surface area contributed by atoms with Crippen molar-refractivity contribution < 1.29 is 19.1 Å². The van der Waals surface area contributed by atoms with Crippen LogP contribution in [-0.2, 0) is 4.79 Å². The van der Waals surface area contributed by atoms with Crippen LogP contribution in [-0.4, -0.2) is 32.6 Å². The fourth-order valence-corrected chi connectivity index (χ4v) is 2.11. The fraction of sp³-hybridized carbons (Fsp3) is 0.176. The number of halogens is 1. The number of hydrogen-bond acceptors (Lipinski definition) is 4. The summed E-state index contributed by atoms with van der Waals surface area (Å²) in [4.78, 5) is 23.9. The summed E-state index contributed by atoms with van der Waals surface area (Å²) in [6.45, 7) is -0.157. The molecule has 2 amide bonds. The highest BCUT2D eigenvalue weighted by Gasteiger charge is 2.10. The van der Waals surface area contributed by atoms with E-state index in [1.54, 1.807) is 42.5 Å². The third kappa shape index (κ3) is 4.63. The van der Waals surface area contributed by atoms with Gasteiger partial charge in [0.15, 0.2) is 11.5 Å². The van der Waals surface area contributed by atoms with Crippen LogP contribution in [0.3, 0.4) is 0 Å². The maximum absolute atomic E-state index is 11.9. The Morgan fingerprint density at radius 2 is 1.67 bits per heavy atom. The number of rotatable bonds is 6. The van der Waals surface area contributed by atoms with E-state index in [1.165, 1.54) is 14.2 Å². The Morgan fingerprint density at radius 1 is 1.00 bits per heavy atom. The maximum atomic E-state index is 11.9. The molecule has 0 radical (unpaired) electrons. The third-order valence-electron chi connectivity index (χ3n) is 3.18. The van der Waals surface area contributed by atoms with E-state index in [4.69, 9.17) is 21.1 Å². The van der Waals surface area contributed by atoms with Crippen LogP contribution >= 0.6 is 11.6 Å². The van der Waals surface area contributed by atoms with Gasteiger partial charge in [0.1, 0.15) is 0 Å². The lowest BCUT2D eigenvalue weighted by Crippen LogP contribution is -2.32. The summed E-state index contributed by atoms with van der Waals surface area (Å²) in [5.74, 6) is 0.353. The molecule has 0 aliphatic carbocycles. The Labute approximate surface area is 144 Å². The lowest BCUT2D eigenvalue weighted by molar-refractivity contribution is -0.115. The summed E-state index contributed by atoms with van der Waals surface area (Å²) in [6, 6.07) is 11.4. The first kappa shape index (κ1) is 17.6. The third-order valence-corrected chi connectivity index (χ3v) is 3.44. The molecule has 6 nitrogen and oxygen atoms in total. The molecule has 2 aromatic carbocycles. The molecule has 0 bridgehead atoms. The van der Waals surface area contributed by atoms with E-state index in [-0.39, 0.29) is 18.4 Å². The molecule has 0 saturated carbocycles. The molecule has 0 heterocycles. The number of anilines is 1. The van der Waals surface area contributed by atoms with Gasteiger partial charge in [-0.15, -0.1) is 0 Å². The van der Waals surface area contributed by atoms with Crippen molar-refractivity contribution in [3.63, 3.8) is 0 Å². The predicted octanol–water partition coefficient (Wildman–Crippen LogP) is 2.73. The molecule has 0 aromatic heterocycles. The highest BCUT2D eigenvalue weighted by atomic mass is 35.5. The molecule has 0 aliphatic rings. The second-order valence-corrected chi connectivity index (χ2v) is 5.24. The van der Waals surface area contributed by atoms with Crippen molar-refractivity contribution in [3.8, 4) is 11.5 Å². The van der Waals surface area contributed by atoms with Crippen LogP contribution in [0.5, 0.6) is 11.5 Å². The fourth-order valence-electron chi connectivity index (χ4n) is 1.98. The summed E-state index contributed by atoms with van der Waals surface area (Å²) >= 11 is 5.77. The maximum Gasteiger partial charge on any atom is 0.251 e. The summed E-state index contributed by atoms with van der Waals surface area (Å²) in [6.07, 6.45) is 0. The summed E-state index contributed by atoms with van der Waals surface area (Å²) in [5, 5.41) is 5.75. The molecule has 0 spiro atoms. The first-order valence-electron chi connectivity index (χ1n) is 7.09. The average molecular weight is 349 g/mol. The molecule has 2 N–H and O–H groups in total. The topological polar surface area (TPSA) is 76.7 Å². The zero-order valence-electron chi connectivity index (χ0n) is 13.3. The minimum atomic E-state index is -0.357. The van der Waals surface area contributed by atoms with Gasteiger partial charge >= 0.3 is 0 Å². The molecular weight excluding hydrogens is 332 g/mol. The van der Waals surface area contributed by atoms with Gasteiger partial charge in [-0.3, -0.25) is 9.59 Å². The smallest absolute Gasteiger partial charge is 0.251 e. The molecule has 7 heteroatoms. The van der Waals surface area contributed by atoms with E-state index >= 15 is 0 Å². The first-order valence-corrected chi connectivity index (χ1v) is 7.47. The van der Waals surface area contributed by atoms with Gasteiger partial charge in [-0.1, -0.05) is 11.6 Å². The number of nitrogens with one attached hydrogen (secondary N) is 2. The quantitative estimate of drug-likeness (QED) is 0.841. The monoisotopic (exact) mass is 348 g/mol. The largest absolute Gasteiger partial charge is 0.493 e. The summed E-state index contributed by atoms with van der Waals surface area (Å²) < 4.78 is 10.3. The SMILES string of the molecule is COc1ccc(NC(=O)CNC(=O)c2ccc(Cl)cc2)cc1OC. The van der Waals surface area contributed by atoms with Crippen molar-refractivity contribution in [1.29, 1.82) is 0 Å². The number of amides is 2. The number of ether oxygens (including phenoxy) is 2. The van der Waals surface area contributed by atoms with Crippen LogP contribution in [0.4, 0.5) is 5.69 Å². The van der Waals surface area contributed by atoms with Gasteiger partial charge in [0, 0.05) is 22.3 Å². The van der Waals surface area contributed by atoms with Crippen LogP contribution in [0.15, 0.2) is 42.5 Å². The van der Waals surface area contributed by atoms with Crippen molar-refractivity contribution in [2.75, 3.05) is 26.1 Å². The van der Waals surface area contributed by atoms with E-state index in [1.807, 2.05) is 0 Å². The van der Waals surface area contributed by atoms with Crippen molar-refractivity contribution in [3.05, 3.63) is 53.1 Å². The van der Waals surface area contributed by atoms with Crippen molar-refractivity contribution in [1.82, 2.24) is 5.32 Å². The number of benzene rings is 2. The number of methoxy groups -OCH3 is 2. The van der Waals surface area contributed by atoms with E-state index in [0.717, 1.165) is 0 Å². The van der Waals surface area contributed by atoms with Crippen LogP contribution in [0.25, 0.3) is 0 Å². The Kier molecular flexibility index (Phi) is 6.03. The van der Waals surface area contributed by atoms with Gasteiger partial charge in [0.25, 0.3) is 5.91 Å². The second-order valence-electron chi connectivity index (χ2n) is 4.81. The molecule has 0 saturated heterocycles. The summed E-state index contributed by atoms with van der Waals surface area (Å²) in [5.41, 5.74) is 0.969.